The van der Waals surface area contributed by atoms with E-state index in [9.17, 15) is 0 Å². The first-order valence-corrected chi connectivity index (χ1v) is 15.0. The fraction of sp³-hybridized carbons (Fsp3) is 0.448. The van der Waals surface area contributed by atoms with Crippen molar-refractivity contribution in [2.75, 3.05) is 50.0 Å². The second-order valence-corrected chi connectivity index (χ2v) is 11.6. The number of pyridine rings is 1. The maximum absolute atomic E-state index is 5.47. The Bertz CT molecular complexity index is 1210. The van der Waals surface area contributed by atoms with Crippen molar-refractivity contribution >= 4 is 39.3 Å². The summed E-state index contributed by atoms with van der Waals surface area (Å²) >= 11 is 5.37. The summed E-state index contributed by atoms with van der Waals surface area (Å²) in [4.78, 5) is 13.0. The highest BCUT2D eigenvalue weighted by Gasteiger charge is 2.11. The highest BCUT2D eigenvalue weighted by Crippen LogP contribution is 2.33. The third-order valence-corrected chi connectivity index (χ3v) is 8.10. The monoisotopic (exact) mass is 598 g/mol. The molecular formula is C29H39BrN6OS. The quantitative estimate of drug-likeness (QED) is 0.168. The number of benzene rings is 1. The number of morpholine rings is 1. The molecule has 2 aromatic heterocycles. The number of hydrogen-bond acceptors (Lipinski definition) is 7. The molecule has 0 atom stereocenters. The number of thioether (sulfide) groups is 1. The van der Waals surface area contributed by atoms with Crippen LogP contribution in [-0.2, 0) is 11.3 Å². The Labute approximate surface area is 239 Å². The summed E-state index contributed by atoms with van der Waals surface area (Å²) in [7, 11) is 0. The predicted octanol–water partition coefficient (Wildman–Crippen LogP) is 6.69. The van der Waals surface area contributed by atoms with Crippen LogP contribution in [0.5, 0.6) is 0 Å². The summed E-state index contributed by atoms with van der Waals surface area (Å²) < 4.78 is 8.71. The lowest BCUT2D eigenvalue weighted by Gasteiger charge is -2.26. The van der Waals surface area contributed by atoms with Crippen molar-refractivity contribution in [1.82, 2.24) is 19.4 Å². The van der Waals surface area contributed by atoms with E-state index in [4.69, 9.17) is 9.72 Å². The van der Waals surface area contributed by atoms with Gasteiger partial charge in [0.25, 0.3) is 0 Å². The van der Waals surface area contributed by atoms with Gasteiger partial charge >= 0.3 is 0 Å². The van der Waals surface area contributed by atoms with Gasteiger partial charge in [0.2, 0.25) is 0 Å². The van der Waals surface area contributed by atoms with Crippen molar-refractivity contribution in [2.24, 2.45) is 0 Å². The molecule has 3 aromatic rings. The number of allylic oxidation sites excluding steroid dienone is 1. The van der Waals surface area contributed by atoms with Gasteiger partial charge in [-0.1, -0.05) is 53.2 Å². The Morgan fingerprint density at radius 2 is 1.97 bits per heavy atom. The van der Waals surface area contributed by atoms with E-state index in [1.165, 1.54) is 16.0 Å². The number of unbranched alkanes of at least 4 members (excludes halogenated alkanes) is 1. The van der Waals surface area contributed by atoms with Crippen molar-refractivity contribution in [3.05, 3.63) is 75.3 Å². The molecule has 1 fully saturated rings. The standard InChI is InChI=1S/C29H39BrN6OS/c1-4-5-7-29(38-26-20-25(30)9-8-22(26)2)34-28-19-24(21-36-13-11-31-23(36)3)18-27(33-28)32-10-6-12-35-14-16-37-17-15-35/h7-9,11,13,18-20H,4-6,10,12,14-17,21H2,1-3H3,(H2,32,33,34)/b29-7+. The Morgan fingerprint density at radius 1 is 1.16 bits per heavy atom. The Morgan fingerprint density at radius 3 is 2.74 bits per heavy atom. The van der Waals surface area contributed by atoms with Crippen molar-refractivity contribution in [1.29, 1.82) is 0 Å². The number of imidazole rings is 1. The molecule has 9 heteroatoms. The molecule has 38 heavy (non-hydrogen) atoms. The minimum atomic E-state index is 0.747. The van der Waals surface area contributed by atoms with Crippen LogP contribution in [0.3, 0.4) is 0 Å². The zero-order valence-electron chi connectivity index (χ0n) is 22.7. The fourth-order valence-electron chi connectivity index (χ4n) is 4.27. The van der Waals surface area contributed by atoms with Crippen LogP contribution in [-0.4, -0.2) is 58.8 Å². The van der Waals surface area contributed by atoms with Gasteiger partial charge in [0.05, 0.1) is 18.2 Å². The zero-order chi connectivity index (χ0) is 26.7. The van der Waals surface area contributed by atoms with Crippen molar-refractivity contribution in [3.8, 4) is 0 Å². The van der Waals surface area contributed by atoms with Gasteiger partial charge in [-0.15, -0.1) is 0 Å². The number of ether oxygens (including phenoxy) is 1. The molecule has 4 rings (SSSR count). The average molecular weight is 600 g/mol. The number of aryl methyl sites for hydroxylation is 2. The molecule has 1 saturated heterocycles. The largest absolute Gasteiger partial charge is 0.379 e. The average Bonchev–Trinajstić information content (AvgIpc) is 3.31. The first-order valence-electron chi connectivity index (χ1n) is 13.4. The molecule has 0 amide bonds. The Hall–Kier alpha value is -2.33. The number of anilines is 2. The van der Waals surface area contributed by atoms with Gasteiger partial charge in [-0.2, -0.15) is 0 Å². The van der Waals surface area contributed by atoms with Crippen LogP contribution in [0, 0.1) is 13.8 Å². The van der Waals surface area contributed by atoms with E-state index in [2.05, 4.69) is 91.3 Å². The van der Waals surface area contributed by atoms with E-state index >= 15 is 0 Å². The molecular weight excluding hydrogens is 560 g/mol. The molecule has 2 N–H and O–H groups in total. The van der Waals surface area contributed by atoms with E-state index in [1.807, 2.05) is 19.3 Å². The minimum Gasteiger partial charge on any atom is -0.379 e. The normalized spacial score (nSPS) is 14.6. The lowest BCUT2D eigenvalue weighted by molar-refractivity contribution is 0.0378. The van der Waals surface area contributed by atoms with E-state index < -0.39 is 0 Å². The molecule has 204 valence electrons. The van der Waals surface area contributed by atoms with Gasteiger partial charge < -0.3 is 19.9 Å². The van der Waals surface area contributed by atoms with Crippen LogP contribution in [0.25, 0.3) is 0 Å². The molecule has 7 nitrogen and oxygen atoms in total. The summed E-state index contributed by atoms with van der Waals surface area (Å²) in [6, 6.07) is 10.7. The van der Waals surface area contributed by atoms with Crippen molar-refractivity contribution in [2.45, 2.75) is 51.5 Å². The molecule has 1 aliphatic rings. The third-order valence-electron chi connectivity index (χ3n) is 6.46. The summed E-state index contributed by atoms with van der Waals surface area (Å²) in [5, 5.41) is 8.30. The van der Waals surface area contributed by atoms with Crippen LogP contribution >= 0.6 is 27.7 Å². The SMILES string of the molecule is CCC/C=C(\Nc1cc(Cn2ccnc2C)cc(NCCCN2CCOCC2)n1)Sc1cc(Br)ccc1C. The summed E-state index contributed by atoms with van der Waals surface area (Å²) in [6.07, 6.45) is 9.30. The summed E-state index contributed by atoms with van der Waals surface area (Å²) in [5.41, 5.74) is 2.43. The molecule has 0 bridgehead atoms. The first kappa shape index (κ1) is 28.7. The van der Waals surface area contributed by atoms with Gasteiger partial charge in [0.1, 0.15) is 17.5 Å². The molecule has 0 radical (unpaired) electrons. The Balaban J connectivity index is 1.50. The molecule has 0 saturated carbocycles. The smallest absolute Gasteiger partial charge is 0.133 e. The van der Waals surface area contributed by atoms with Crippen LogP contribution in [0.2, 0.25) is 0 Å². The number of rotatable bonds is 13. The first-order chi connectivity index (χ1) is 18.5. The van der Waals surface area contributed by atoms with Crippen molar-refractivity contribution < 1.29 is 4.74 Å². The Kier molecular flexibility index (Phi) is 11.1. The fourth-order valence-corrected chi connectivity index (χ4v) is 5.79. The maximum Gasteiger partial charge on any atom is 0.133 e. The maximum atomic E-state index is 5.47. The molecule has 3 heterocycles. The lowest BCUT2D eigenvalue weighted by Crippen LogP contribution is -2.37. The van der Waals surface area contributed by atoms with E-state index in [1.54, 1.807) is 11.8 Å². The van der Waals surface area contributed by atoms with E-state index in [-0.39, 0.29) is 0 Å². The second-order valence-electron chi connectivity index (χ2n) is 9.58. The highest BCUT2D eigenvalue weighted by atomic mass is 79.9. The van der Waals surface area contributed by atoms with Gasteiger partial charge in [-0.25, -0.2) is 9.97 Å². The van der Waals surface area contributed by atoms with E-state index in [0.717, 1.165) is 92.2 Å². The van der Waals surface area contributed by atoms with Gasteiger partial charge in [0.15, 0.2) is 0 Å². The van der Waals surface area contributed by atoms with Gasteiger partial charge in [0, 0.05) is 47.9 Å². The molecule has 1 aliphatic heterocycles. The van der Waals surface area contributed by atoms with Gasteiger partial charge in [-0.3, -0.25) is 4.90 Å². The summed E-state index contributed by atoms with van der Waals surface area (Å²) in [5.74, 6) is 2.74. The van der Waals surface area contributed by atoms with Crippen LogP contribution in [0.15, 0.2) is 63.2 Å². The van der Waals surface area contributed by atoms with Gasteiger partial charge in [-0.05, 0) is 68.6 Å². The van der Waals surface area contributed by atoms with Crippen molar-refractivity contribution in [3.63, 3.8) is 0 Å². The van der Waals surface area contributed by atoms with E-state index in [0.29, 0.717) is 0 Å². The molecule has 0 aliphatic carbocycles. The second kappa shape index (κ2) is 14.7. The highest BCUT2D eigenvalue weighted by molar-refractivity contribution is 9.10. The molecule has 1 aromatic carbocycles. The zero-order valence-corrected chi connectivity index (χ0v) is 25.1. The number of hydrogen-bond donors (Lipinski definition) is 2. The summed E-state index contributed by atoms with van der Waals surface area (Å²) in [6.45, 7) is 12.8. The third kappa shape index (κ3) is 8.86. The predicted molar refractivity (Wildman–Crippen MR) is 162 cm³/mol. The molecule has 0 spiro atoms. The topological polar surface area (TPSA) is 67.2 Å². The van der Waals surface area contributed by atoms with Crippen LogP contribution < -0.4 is 10.6 Å². The van der Waals surface area contributed by atoms with Crippen LogP contribution in [0.4, 0.5) is 11.6 Å². The number of halogens is 1. The molecule has 0 unspecified atom stereocenters. The lowest BCUT2D eigenvalue weighted by atomic mass is 10.2. The minimum absolute atomic E-state index is 0.747. The number of nitrogens with zero attached hydrogens (tertiary/aromatic N) is 4. The number of nitrogens with one attached hydrogen (secondary N) is 2. The van der Waals surface area contributed by atoms with Crippen LogP contribution in [0.1, 0.15) is 43.1 Å². The number of aromatic nitrogens is 3.